The fourth-order valence-electron chi connectivity index (χ4n) is 3.17. The maximum absolute atomic E-state index is 12.8. The summed E-state index contributed by atoms with van der Waals surface area (Å²) in [4.78, 5) is 29.2. The molecule has 0 bridgehead atoms. The molecular formula is C20H16N2O3. The van der Waals surface area contributed by atoms with Gasteiger partial charge in [-0.2, -0.15) is 0 Å². The highest BCUT2D eigenvalue weighted by atomic mass is 16.5. The van der Waals surface area contributed by atoms with Gasteiger partial charge in [-0.25, -0.2) is 9.78 Å². The van der Waals surface area contributed by atoms with Gasteiger partial charge in [-0.3, -0.25) is 9.20 Å². The van der Waals surface area contributed by atoms with Crippen molar-refractivity contribution in [3.8, 4) is 0 Å². The SMILES string of the molecule is COC(=O)c1ccc2nc3c(c(=O)n2c1)CCC3=Cc1ccccc1. The number of fused-ring (bicyclic) bond motifs is 2. The average molecular weight is 332 g/mol. The Morgan fingerprint density at radius 3 is 2.72 bits per heavy atom. The molecule has 0 amide bonds. The van der Waals surface area contributed by atoms with Gasteiger partial charge >= 0.3 is 5.97 Å². The van der Waals surface area contributed by atoms with Crippen LogP contribution in [0.1, 0.15) is 33.6 Å². The van der Waals surface area contributed by atoms with Gasteiger partial charge in [0.05, 0.1) is 18.4 Å². The van der Waals surface area contributed by atoms with Crippen LogP contribution in [-0.4, -0.2) is 22.5 Å². The molecule has 0 radical (unpaired) electrons. The Morgan fingerprint density at radius 1 is 1.16 bits per heavy atom. The molecule has 0 spiro atoms. The number of allylic oxidation sites excluding steroid dienone is 1. The molecule has 0 saturated carbocycles. The van der Waals surface area contributed by atoms with E-state index in [1.165, 1.54) is 17.7 Å². The van der Waals surface area contributed by atoms with E-state index in [4.69, 9.17) is 4.74 Å². The van der Waals surface area contributed by atoms with E-state index in [0.29, 0.717) is 23.2 Å². The van der Waals surface area contributed by atoms with Crippen molar-refractivity contribution in [1.29, 1.82) is 0 Å². The van der Waals surface area contributed by atoms with E-state index in [2.05, 4.69) is 11.1 Å². The number of benzene rings is 1. The number of hydrogen-bond acceptors (Lipinski definition) is 4. The van der Waals surface area contributed by atoms with Gasteiger partial charge in [0.2, 0.25) is 0 Å². The van der Waals surface area contributed by atoms with E-state index in [1.807, 2.05) is 30.3 Å². The van der Waals surface area contributed by atoms with Crippen molar-refractivity contribution < 1.29 is 9.53 Å². The maximum Gasteiger partial charge on any atom is 0.339 e. The average Bonchev–Trinajstić information content (AvgIpc) is 3.05. The van der Waals surface area contributed by atoms with Crippen molar-refractivity contribution in [2.75, 3.05) is 7.11 Å². The van der Waals surface area contributed by atoms with E-state index in [1.54, 1.807) is 12.1 Å². The molecule has 3 aromatic rings. The number of aromatic nitrogens is 2. The summed E-state index contributed by atoms with van der Waals surface area (Å²) in [6.45, 7) is 0. The second-order valence-corrected chi connectivity index (χ2v) is 5.96. The van der Waals surface area contributed by atoms with Gasteiger partial charge in [-0.05, 0) is 42.2 Å². The number of rotatable bonds is 2. The van der Waals surface area contributed by atoms with Gasteiger partial charge in [0, 0.05) is 11.8 Å². The van der Waals surface area contributed by atoms with Crippen LogP contribution in [0, 0.1) is 0 Å². The summed E-state index contributed by atoms with van der Waals surface area (Å²) in [7, 11) is 1.32. The number of esters is 1. The summed E-state index contributed by atoms with van der Waals surface area (Å²) < 4.78 is 6.14. The van der Waals surface area contributed by atoms with Crippen molar-refractivity contribution in [3.63, 3.8) is 0 Å². The number of carbonyl (C=O) groups is 1. The lowest BCUT2D eigenvalue weighted by Crippen LogP contribution is -2.20. The van der Waals surface area contributed by atoms with Gasteiger partial charge in [-0.1, -0.05) is 30.3 Å². The zero-order valence-corrected chi connectivity index (χ0v) is 13.7. The molecule has 0 N–H and O–H groups in total. The lowest BCUT2D eigenvalue weighted by Gasteiger charge is -2.07. The maximum atomic E-state index is 12.8. The largest absolute Gasteiger partial charge is 0.465 e. The predicted octanol–water partition coefficient (Wildman–Crippen LogP) is 2.97. The predicted molar refractivity (Wildman–Crippen MR) is 95.4 cm³/mol. The van der Waals surface area contributed by atoms with Crippen LogP contribution in [0.2, 0.25) is 0 Å². The Hall–Kier alpha value is -3.21. The molecule has 0 aliphatic heterocycles. The minimum atomic E-state index is -0.473. The van der Waals surface area contributed by atoms with Crippen LogP contribution in [0.25, 0.3) is 17.3 Å². The highest BCUT2D eigenvalue weighted by Gasteiger charge is 2.23. The standard InChI is InChI=1S/C20H16N2O3/c1-25-20(24)15-8-10-17-21-18-14(11-13-5-3-2-4-6-13)7-9-16(18)19(23)22(17)12-15/h2-6,8,10-12H,7,9H2,1H3. The van der Waals surface area contributed by atoms with Crippen LogP contribution in [0.3, 0.4) is 0 Å². The third-order valence-electron chi connectivity index (χ3n) is 4.43. The van der Waals surface area contributed by atoms with E-state index in [0.717, 1.165) is 23.3 Å². The molecule has 25 heavy (non-hydrogen) atoms. The smallest absolute Gasteiger partial charge is 0.339 e. The van der Waals surface area contributed by atoms with Crippen molar-refractivity contribution in [2.45, 2.75) is 12.8 Å². The molecule has 124 valence electrons. The third-order valence-corrected chi connectivity index (χ3v) is 4.43. The first-order valence-corrected chi connectivity index (χ1v) is 8.07. The topological polar surface area (TPSA) is 60.7 Å². The quantitative estimate of drug-likeness (QED) is 0.677. The number of hydrogen-bond donors (Lipinski definition) is 0. The van der Waals surface area contributed by atoms with Crippen molar-refractivity contribution >= 4 is 23.3 Å². The first-order valence-electron chi connectivity index (χ1n) is 8.07. The molecule has 0 unspecified atom stereocenters. The normalized spacial score (nSPS) is 14.7. The molecule has 0 saturated heterocycles. The molecule has 1 aliphatic carbocycles. The van der Waals surface area contributed by atoms with Crippen LogP contribution in [-0.2, 0) is 11.2 Å². The van der Waals surface area contributed by atoms with Crippen LogP contribution in [0.5, 0.6) is 0 Å². The number of carbonyl (C=O) groups excluding carboxylic acids is 1. The van der Waals surface area contributed by atoms with Gasteiger partial charge in [-0.15, -0.1) is 0 Å². The van der Waals surface area contributed by atoms with E-state index in [9.17, 15) is 9.59 Å². The lowest BCUT2D eigenvalue weighted by atomic mass is 10.1. The molecule has 5 heteroatoms. The summed E-state index contributed by atoms with van der Waals surface area (Å²) in [6.07, 6.45) is 5.02. The summed E-state index contributed by atoms with van der Waals surface area (Å²) in [5, 5.41) is 0. The summed E-state index contributed by atoms with van der Waals surface area (Å²) in [5.41, 5.74) is 4.35. The Kier molecular flexibility index (Phi) is 3.69. The second-order valence-electron chi connectivity index (χ2n) is 5.96. The summed E-state index contributed by atoms with van der Waals surface area (Å²) in [6, 6.07) is 13.3. The number of pyridine rings is 1. The fraction of sp³-hybridized carbons (Fsp3) is 0.150. The second kappa shape index (κ2) is 6.02. The number of nitrogens with zero attached hydrogens (tertiary/aromatic N) is 2. The first-order chi connectivity index (χ1) is 12.2. The Balaban J connectivity index is 1.87. The van der Waals surface area contributed by atoms with E-state index >= 15 is 0 Å². The molecule has 0 fully saturated rings. The van der Waals surface area contributed by atoms with Crippen molar-refractivity contribution in [1.82, 2.24) is 9.38 Å². The molecule has 4 rings (SSSR count). The van der Waals surface area contributed by atoms with Crippen molar-refractivity contribution in [2.24, 2.45) is 0 Å². The molecule has 5 nitrogen and oxygen atoms in total. The van der Waals surface area contributed by atoms with E-state index in [-0.39, 0.29) is 5.56 Å². The Bertz CT molecular complexity index is 1070. The molecule has 0 atom stereocenters. The van der Waals surface area contributed by atoms with Crippen LogP contribution >= 0.6 is 0 Å². The number of ether oxygens (including phenoxy) is 1. The van der Waals surface area contributed by atoms with Gasteiger partial charge in [0.1, 0.15) is 5.65 Å². The minimum absolute atomic E-state index is 0.123. The fourth-order valence-corrected chi connectivity index (χ4v) is 3.17. The van der Waals surface area contributed by atoms with Crippen LogP contribution in [0.15, 0.2) is 53.5 Å². The summed E-state index contributed by atoms with van der Waals surface area (Å²) in [5.74, 6) is -0.473. The molecule has 1 aliphatic rings. The minimum Gasteiger partial charge on any atom is -0.465 e. The monoisotopic (exact) mass is 332 g/mol. The highest BCUT2D eigenvalue weighted by molar-refractivity contribution is 5.89. The van der Waals surface area contributed by atoms with Gasteiger partial charge in [0.25, 0.3) is 5.56 Å². The summed E-state index contributed by atoms with van der Waals surface area (Å²) >= 11 is 0. The van der Waals surface area contributed by atoms with Crippen molar-refractivity contribution in [3.05, 3.63) is 81.4 Å². The highest BCUT2D eigenvalue weighted by Crippen LogP contribution is 2.30. The first kappa shape index (κ1) is 15.3. The zero-order valence-electron chi connectivity index (χ0n) is 13.7. The Morgan fingerprint density at radius 2 is 1.96 bits per heavy atom. The molecule has 1 aromatic carbocycles. The lowest BCUT2D eigenvalue weighted by molar-refractivity contribution is 0.0600. The van der Waals surface area contributed by atoms with Crippen LogP contribution in [0.4, 0.5) is 0 Å². The zero-order chi connectivity index (χ0) is 17.4. The molecular weight excluding hydrogens is 316 g/mol. The third kappa shape index (κ3) is 2.63. The van der Waals surface area contributed by atoms with Crippen LogP contribution < -0.4 is 5.56 Å². The number of methoxy groups -OCH3 is 1. The molecule has 2 heterocycles. The van der Waals surface area contributed by atoms with Gasteiger partial charge < -0.3 is 4.74 Å². The van der Waals surface area contributed by atoms with Gasteiger partial charge in [0.15, 0.2) is 0 Å². The molecule has 2 aromatic heterocycles. The Labute approximate surface area is 144 Å². The van der Waals surface area contributed by atoms with E-state index < -0.39 is 5.97 Å².